The van der Waals surface area contributed by atoms with Crippen LogP contribution in [0.2, 0.25) is 0 Å². The summed E-state index contributed by atoms with van der Waals surface area (Å²) >= 11 is 0. The highest BCUT2D eigenvalue weighted by Crippen LogP contribution is 2.48. The normalized spacial score (nSPS) is 22.4. The molecule has 6 heteroatoms. The van der Waals surface area contributed by atoms with Crippen molar-refractivity contribution in [2.45, 2.75) is 12.5 Å². The average Bonchev–Trinajstić information content (AvgIpc) is 2.86. The summed E-state index contributed by atoms with van der Waals surface area (Å²) < 4.78 is 30.3. The highest BCUT2D eigenvalue weighted by atomic mass is 19.1. The van der Waals surface area contributed by atoms with Gasteiger partial charge in [0, 0.05) is 18.7 Å². The lowest BCUT2D eigenvalue weighted by atomic mass is 9.97. The monoisotopic (exact) mass is 298 g/mol. The van der Waals surface area contributed by atoms with Gasteiger partial charge >= 0.3 is 0 Å². The molecule has 0 amide bonds. The van der Waals surface area contributed by atoms with Gasteiger partial charge in [0.2, 0.25) is 0 Å². The minimum Gasteiger partial charge on any atom is -0.493 e. The molecule has 2 unspecified atom stereocenters. The molecular formula is C15H23FN2O3. The van der Waals surface area contributed by atoms with Crippen molar-refractivity contribution < 1.29 is 18.6 Å². The Kier molecular flexibility index (Phi) is 4.90. The first-order valence-corrected chi connectivity index (χ1v) is 6.96. The lowest BCUT2D eigenvalue weighted by Gasteiger charge is -2.25. The average molecular weight is 298 g/mol. The third-order valence-corrected chi connectivity index (χ3v) is 4.12. The van der Waals surface area contributed by atoms with Crippen LogP contribution in [0.5, 0.6) is 17.2 Å². The van der Waals surface area contributed by atoms with Gasteiger partial charge < -0.3 is 19.9 Å². The minimum atomic E-state index is -0.449. The Labute approximate surface area is 124 Å². The maximum atomic E-state index is 14.3. The van der Waals surface area contributed by atoms with Crippen LogP contribution in [0.25, 0.3) is 0 Å². The lowest BCUT2D eigenvalue weighted by Crippen LogP contribution is -2.21. The van der Waals surface area contributed by atoms with Crippen molar-refractivity contribution in [1.82, 2.24) is 4.90 Å². The second-order valence-corrected chi connectivity index (χ2v) is 5.33. The van der Waals surface area contributed by atoms with Gasteiger partial charge in [-0.2, -0.15) is 0 Å². The van der Waals surface area contributed by atoms with Crippen molar-refractivity contribution in [2.75, 3.05) is 41.5 Å². The van der Waals surface area contributed by atoms with Crippen molar-refractivity contribution in [3.63, 3.8) is 0 Å². The summed E-state index contributed by atoms with van der Waals surface area (Å²) in [7, 11) is 6.50. The first-order chi connectivity index (χ1) is 10.1. The van der Waals surface area contributed by atoms with E-state index in [4.69, 9.17) is 19.9 Å². The molecule has 1 saturated heterocycles. The number of methoxy groups -OCH3 is 3. The Morgan fingerprint density at radius 1 is 1.24 bits per heavy atom. The maximum Gasteiger partial charge on any atom is 0.169 e. The molecule has 0 radical (unpaired) electrons. The molecule has 1 aromatic rings. The molecule has 1 heterocycles. The predicted molar refractivity (Wildman–Crippen MR) is 78.6 cm³/mol. The first kappa shape index (κ1) is 15.9. The van der Waals surface area contributed by atoms with Crippen LogP contribution in [0.15, 0.2) is 6.07 Å². The zero-order chi connectivity index (χ0) is 15.6. The Hall–Kier alpha value is -1.53. The summed E-state index contributed by atoms with van der Waals surface area (Å²) in [5, 5.41) is 0. The van der Waals surface area contributed by atoms with E-state index in [9.17, 15) is 4.39 Å². The third-order valence-electron chi connectivity index (χ3n) is 4.12. The molecule has 2 atom stereocenters. The standard InChI is InChI=1S/C15H23FN2O3/c1-18-8-9(7-17)5-11(18)13-14(20-3)10(16)6-12(19-2)15(13)21-4/h6,9,11H,5,7-8,17H2,1-4H3. The number of rotatable bonds is 5. The van der Waals surface area contributed by atoms with E-state index in [1.165, 1.54) is 20.3 Å². The number of nitrogens with two attached hydrogens (primary N) is 1. The SMILES string of the molecule is COc1cc(F)c(OC)c(C2CC(CN)CN2C)c1OC. The maximum absolute atomic E-state index is 14.3. The van der Waals surface area contributed by atoms with Gasteiger partial charge in [-0.05, 0) is 25.9 Å². The van der Waals surface area contributed by atoms with Crippen LogP contribution in [0.3, 0.4) is 0 Å². The number of halogens is 1. The number of ether oxygens (including phenoxy) is 3. The van der Waals surface area contributed by atoms with Gasteiger partial charge in [-0.1, -0.05) is 0 Å². The number of likely N-dealkylation sites (tertiary alicyclic amines) is 1. The van der Waals surface area contributed by atoms with E-state index in [1.807, 2.05) is 7.05 Å². The summed E-state index contributed by atoms with van der Waals surface area (Å²) in [6.07, 6.45) is 0.840. The van der Waals surface area contributed by atoms with Gasteiger partial charge in [-0.3, -0.25) is 4.90 Å². The molecule has 1 aliphatic heterocycles. The Bertz CT molecular complexity index is 510. The van der Waals surface area contributed by atoms with Gasteiger partial charge in [0.1, 0.15) is 0 Å². The fourth-order valence-electron chi connectivity index (χ4n) is 3.10. The van der Waals surface area contributed by atoms with Crippen molar-refractivity contribution in [1.29, 1.82) is 0 Å². The Morgan fingerprint density at radius 2 is 1.90 bits per heavy atom. The van der Waals surface area contributed by atoms with E-state index in [2.05, 4.69) is 4.90 Å². The molecule has 1 aromatic carbocycles. The fourth-order valence-corrected chi connectivity index (χ4v) is 3.10. The topological polar surface area (TPSA) is 57.0 Å². The van der Waals surface area contributed by atoms with Crippen molar-refractivity contribution >= 4 is 0 Å². The third kappa shape index (κ3) is 2.78. The highest BCUT2D eigenvalue weighted by Gasteiger charge is 2.36. The van der Waals surface area contributed by atoms with E-state index in [-0.39, 0.29) is 11.8 Å². The van der Waals surface area contributed by atoms with Crippen molar-refractivity contribution in [2.24, 2.45) is 11.7 Å². The molecule has 2 rings (SSSR count). The molecule has 0 bridgehead atoms. The zero-order valence-electron chi connectivity index (χ0n) is 13.0. The lowest BCUT2D eigenvalue weighted by molar-refractivity contribution is 0.279. The quantitative estimate of drug-likeness (QED) is 0.898. The molecule has 1 fully saturated rings. The van der Waals surface area contributed by atoms with Gasteiger partial charge in [0.15, 0.2) is 23.1 Å². The highest BCUT2D eigenvalue weighted by molar-refractivity contribution is 5.56. The van der Waals surface area contributed by atoms with Crippen LogP contribution in [0.1, 0.15) is 18.0 Å². The van der Waals surface area contributed by atoms with E-state index >= 15 is 0 Å². The molecular weight excluding hydrogens is 275 g/mol. The van der Waals surface area contributed by atoms with Gasteiger partial charge in [-0.15, -0.1) is 0 Å². The largest absolute Gasteiger partial charge is 0.493 e. The predicted octanol–water partition coefficient (Wildman–Crippen LogP) is 1.80. The summed E-state index contributed by atoms with van der Waals surface area (Å²) in [6.45, 7) is 1.48. The van der Waals surface area contributed by atoms with E-state index in [0.29, 0.717) is 29.5 Å². The molecule has 118 valence electrons. The Morgan fingerprint density at radius 3 is 2.38 bits per heavy atom. The van der Waals surface area contributed by atoms with Crippen LogP contribution < -0.4 is 19.9 Å². The molecule has 0 aromatic heterocycles. The fraction of sp³-hybridized carbons (Fsp3) is 0.600. The van der Waals surface area contributed by atoms with Crippen LogP contribution in [-0.4, -0.2) is 46.4 Å². The molecule has 0 aliphatic carbocycles. The zero-order valence-corrected chi connectivity index (χ0v) is 13.0. The smallest absolute Gasteiger partial charge is 0.169 e. The van der Waals surface area contributed by atoms with Gasteiger partial charge in [0.05, 0.1) is 26.9 Å². The number of hydrogen-bond donors (Lipinski definition) is 1. The minimum absolute atomic E-state index is 0.00644. The molecule has 21 heavy (non-hydrogen) atoms. The van der Waals surface area contributed by atoms with Crippen molar-refractivity contribution in [3.05, 3.63) is 17.4 Å². The van der Waals surface area contributed by atoms with Crippen LogP contribution in [0, 0.1) is 11.7 Å². The van der Waals surface area contributed by atoms with Crippen LogP contribution >= 0.6 is 0 Å². The number of benzene rings is 1. The molecule has 2 N–H and O–H groups in total. The van der Waals surface area contributed by atoms with Crippen molar-refractivity contribution in [3.8, 4) is 17.2 Å². The summed E-state index contributed by atoms with van der Waals surface area (Å²) in [4.78, 5) is 2.15. The van der Waals surface area contributed by atoms with Crippen LogP contribution in [0.4, 0.5) is 4.39 Å². The summed E-state index contributed by atoms with van der Waals surface area (Å²) in [6, 6.07) is 1.28. The van der Waals surface area contributed by atoms with E-state index in [1.54, 1.807) is 7.11 Å². The first-order valence-electron chi connectivity index (χ1n) is 6.96. The number of hydrogen-bond acceptors (Lipinski definition) is 5. The second kappa shape index (κ2) is 6.49. The molecule has 0 saturated carbocycles. The number of nitrogens with zero attached hydrogens (tertiary/aromatic N) is 1. The second-order valence-electron chi connectivity index (χ2n) is 5.33. The Balaban J connectivity index is 2.57. The summed E-state index contributed by atoms with van der Waals surface area (Å²) in [5.41, 5.74) is 6.47. The molecule has 5 nitrogen and oxygen atoms in total. The van der Waals surface area contributed by atoms with Crippen LogP contribution in [-0.2, 0) is 0 Å². The van der Waals surface area contributed by atoms with E-state index in [0.717, 1.165) is 13.0 Å². The molecule has 1 aliphatic rings. The molecule has 0 spiro atoms. The van der Waals surface area contributed by atoms with Gasteiger partial charge in [-0.25, -0.2) is 4.39 Å². The van der Waals surface area contributed by atoms with Gasteiger partial charge in [0.25, 0.3) is 0 Å². The summed E-state index contributed by atoms with van der Waals surface area (Å²) in [5.74, 6) is 1.03. The van der Waals surface area contributed by atoms with E-state index < -0.39 is 5.82 Å².